The number of nitrogens with zero attached hydrogens (tertiary/aromatic N) is 2. The maximum absolute atomic E-state index is 12.0. The van der Waals surface area contributed by atoms with Crippen LogP contribution in [0.2, 0.25) is 0 Å². The molecule has 22 heavy (non-hydrogen) atoms. The average molecular weight is 314 g/mol. The van der Waals surface area contributed by atoms with Crippen LogP contribution in [0.4, 0.5) is 10.5 Å². The van der Waals surface area contributed by atoms with E-state index in [1.54, 1.807) is 11.3 Å². The maximum Gasteiger partial charge on any atom is 0.319 e. The molecule has 0 aliphatic rings. The molecule has 0 spiro atoms. The molecular formula is C16H18N4OS. The third-order valence-electron chi connectivity index (χ3n) is 3.48. The molecule has 2 amide bonds. The van der Waals surface area contributed by atoms with Crippen molar-refractivity contribution in [2.24, 2.45) is 7.05 Å². The van der Waals surface area contributed by atoms with Gasteiger partial charge in [0.15, 0.2) is 0 Å². The number of rotatable bonds is 4. The number of fused-ring (bicyclic) bond motifs is 1. The topological polar surface area (TPSA) is 59.0 Å². The van der Waals surface area contributed by atoms with E-state index in [1.165, 1.54) is 0 Å². The SMILES string of the molecule is CCc1nc(CNC(=O)Nc2ccc3ccn(C)c3c2)cs1. The lowest BCUT2D eigenvalue weighted by Crippen LogP contribution is -2.28. The average Bonchev–Trinajstić information content (AvgIpc) is 3.12. The summed E-state index contributed by atoms with van der Waals surface area (Å²) in [5, 5.41) is 9.91. The Balaban J connectivity index is 1.61. The van der Waals surface area contributed by atoms with Crippen LogP contribution in [-0.4, -0.2) is 15.6 Å². The number of nitrogens with one attached hydrogen (secondary N) is 2. The normalized spacial score (nSPS) is 10.8. The molecule has 3 aromatic rings. The number of urea groups is 1. The highest BCUT2D eigenvalue weighted by Gasteiger charge is 2.06. The van der Waals surface area contributed by atoms with Gasteiger partial charge in [0.05, 0.1) is 17.2 Å². The van der Waals surface area contributed by atoms with Crippen molar-refractivity contribution >= 4 is 34.0 Å². The zero-order valence-corrected chi connectivity index (χ0v) is 13.4. The molecule has 0 aliphatic carbocycles. The third-order valence-corrected chi connectivity index (χ3v) is 4.52. The Morgan fingerprint density at radius 1 is 1.36 bits per heavy atom. The summed E-state index contributed by atoms with van der Waals surface area (Å²) in [6.07, 6.45) is 2.93. The van der Waals surface area contributed by atoms with Crippen LogP contribution in [0.15, 0.2) is 35.8 Å². The van der Waals surface area contributed by atoms with Crippen LogP contribution < -0.4 is 10.6 Å². The summed E-state index contributed by atoms with van der Waals surface area (Å²) in [5.41, 5.74) is 2.76. The molecule has 0 radical (unpaired) electrons. The highest BCUT2D eigenvalue weighted by Crippen LogP contribution is 2.19. The number of aromatic nitrogens is 2. The molecule has 3 rings (SSSR count). The second-order valence-electron chi connectivity index (χ2n) is 5.09. The second-order valence-corrected chi connectivity index (χ2v) is 6.04. The molecule has 0 fully saturated rings. The number of carbonyl (C=O) groups excluding carboxylic acids is 1. The van der Waals surface area contributed by atoms with Crippen molar-refractivity contribution in [1.29, 1.82) is 0 Å². The highest BCUT2D eigenvalue weighted by atomic mass is 32.1. The molecule has 0 saturated carbocycles. The summed E-state index contributed by atoms with van der Waals surface area (Å²) >= 11 is 1.62. The summed E-state index contributed by atoms with van der Waals surface area (Å²) in [5.74, 6) is 0. The Hall–Kier alpha value is -2.34. The van der Waals surface area contributed by atoms with Crippen LogP contribution >= 0.6 is 11.3 Å². The van der Waals surface area contributed by atoms with E-state index >= 15 is 0 Å². The Labute approximate surface area is 133 Å². The largest absolute Gasteiger partial charge is 0.350 e. The molecule has 5 nitrogen and oxygen atoms in total. The molecule has 0 saturated heterocycles. The molecule has 0 aliphatic heterocycles. The first kappa shape index (κ1) is 14.6. The molecule has 2 N–H and O–H groups in total. The number of hydrogen-bond donors (Lipinski definition) is 2. The molecule has 2 aromatic heterocycles. The minimum Gasteiger partial charge on any atom is -0.350 e. The van der Waals surface area contributed by atoms with Crippen LogP contribution in [0.1, 0.15) is 17.6 Å². The molecule has 0 bridgehead atoms. The van der Waals surface area contributed by atoms with Crippen molar-refractivity contribution < 1.29 is 4.79 Å². The monoisotopic (exact) mass is 314 g/mol. The number of aryl methyl sites for hydroxylation is 2. The van der Waals surface area contributed by atoms with Gasteiger partial charge < -0.3 is 15.2 Å². The lowest BCUT2D eigenvalue weighted by molar-refractivity contribution is 0.251. The Kier molecular flexibility index (Phi) is 4.11. The Morgan fingerprint density at radius 3 is 3.00 bits per heavy atom. The van der Waals surface area contributed by atoms with Crippen molar-refractivity contribution in [2.75, 3.05) is 5.32 Å². The van der Waals surface area contributed by atoms with Crippen molar-refractivity contribution in [3.8, 4) is 0 Å². The first-order valence-corrected chi connectivity index (χ1v) is 8.07. The van der Waals surface area contributed by atoms with Crippen LogP contribution in [0.5, 0.6) is 0 Å². The molecular weight excluding hydrogens is 296 g/mol. The molecule has 0 unspecified atom stereocenters. The van der Waals surface area contributed by atoms with E-state index in [2.05, 4.69) is 22.5 Å². The summed E-state index contributed by atoms with van der Waals surface area (Å²) in [6, 6.07) is 7.69. The van der Waals surface area contributed by atoms with E-state index in [0.29, 0.717) is 6.54 Å². The van der Waals surface area contributed by atoms with Gasteiger partial charge in [-0.3, -0.25) is 0 Å². The summed E-state index contributed by atoms with van der Waals surface area (Å²) in [7, 11) is 1.99. The van der Waals surface area contributed by atoms with Crippen molar-refractivity contribution in [3.63, 3.8) is 0 Å². The standard InChI is InChI=1S/C16H18N4OS/c1-3-15-18-13(10-22-15)9-17-16(21)19-12-5-4-11-6-7-20(2)14(11)8-12/h4-8,10H,3,9H2,1-2H3,(H2,17,19,21). The zero-order valence-electron chi connectivity index (χ0n) is 12.6. The van der Waals surface area contributed by atoms with Gasteiger partial charge in [-0.05, 0) is 30.0 Å². The highest BCUT2D eigenvalue weighted by molar-refractivity contribution is 7.09. The van der Waals surface area contributed by atoms with Crippen molar-refractivity contribution in [3.05, 3.63) is 46.5 Å². The van der Waals surface area contributed by atoms with Gasteiger partial charge in [-0.1, -0.05) is 13.0 Å². The fourth-order valence-corrected chi connectivity index (χ4v) is 3.02. The Morgan fingerprint density at radius 2 is 2.23 bits per heavy atom. The number of carbonyl (C=O) groups is 1. The van der Waals surface area contributed by atoms with Gasteiger partial charge in [-0.15, -0.1) is 11.3 Å². The minimum absolute atomic E-state index is 0.223. The van der Waals surface area contributed by atoms with Crippen molar-refractivity contribution in [1.82, 2.24) is 14.9 Å². The van der Waals surface area contributed by atoms with Crippen LogP contribution in [0, 0.1) is 0 Å². The van der Waals surface area contributed by atoms with Gasteiger partial charge in [0.25, 0.3) is 0 Å². The summed E-state index contributed by atoms with van der Waals surface area (Å²) < 4.78 is 2.03. The van der Waals surface area contributed by atoms with Gasteiger partial charge >= 0.3 is 6.03 Å². The Bertz CT molecular complexity index is 805. The van der Waals surface area contributed by atoms with Gasteiger partial charge in [0.2, 0.25) is 0 Å². The third kappa shape index (κ3) is 3.12. The fraction of sp³-hybridized carbons (Fsp3) is 0.250. The smallest absolute Gasteiger partial charge is 0.319 e. The molecule has 0 atom stereocenters. The minimum atomic E-state index is -0.223. The van der Waals surface area contributed by atoms with Crippen LogP contribution in [0.3, 0.4) is 0 Å². The number of thiazole rings is 1. The zero-order chi connectivity index (χ0) is 15.5. The quantitative estimate of drug-likeness (QED) is 0.774. The van der Waals surface area contributed by atoms with Crippen LogP contribution in [-0.2, 0) is 20.0 Å². The first-order valence-electron chi connectivity index (χ1n) is 7.19. The maximum atomic E-state index is 12.0. The van der Waals surface area contributed by atoms with E-state index in [4.69, 9.17) is 0 Å². The van der Waals surface area contributed by atoms with Gasteiger partial charge in [0.1, 0.15) is 0 Å². The molecule has 2 heterocycles. The molecule has 6 heteroatoms. The first-order chi connectivity index (χ1) is 10.7. The predicted molar refractivity (Wildman–Crippen MR) is 90.3 cm³/mol. The van der Waals surface area contributed by atoms with E-state index in [-0.39, 0.29) is 6.03 Å². The van der Waals surface area contributed by atoms with E-state index in [1.807, 2.05) is 47.5 Å². The van der Waals surface area contributed by atoms with E-state index in [0.717, 1.165) is 33.7 Å². The lowest BCUT2D eigenvalue weighted by atomic mass is 10.2. The predicted octanol–water partition coefficient (Wildman–Crippen LogP) is 3.52. The number of anilines is 1. The van der Waals surface area contributed by atoms with Crippen molar-refractivity contribution in [2.45, 2.75) is 19.9 Å². The number of benzene rings is 1. The van der Waals surface area contributed by atoms with Gasteiger partial charge in [-0.25, -0.2) is 9.78 Å². The van der Waals surface area contributed by atoms with Gasteiger partial charge in [0, 0.05) is 29.8 Å². The lowest BCUT2D eigenvalue weighted by Gasteiger charge is -2.07. The summed E-state index contributed by atoms with van der Waals surface area (Å²) in [6.45, 7) is 2.51. The number of hydrogen-bond acceptors (Lipinski definition) is 3. The van der Waals surface area contributed by atoms with Gasteiger partial charge in [-0.2, -0.15) is 0 Å². The van der Waals surface area contributed by atoms with Crippen LogP contribution in [0.25, 0.3) is 10.9 Å². The molecule has 1 aromatic carbocycles. The number of amides is 2. The van der Waals surface area contributed by atoms with E-state index in [9.17, 15) is 4.79 Å². The van der Waals surface area contributed by atoms with E-state index < -0.39 is 0 Å². The fourth-order valence-electron chi connectivity index (χ4n) is 2.28. The summed E-state index contributed by atoms with van der Waals surface area (Å²) in [4.78, 5) is 16.4. The molecule has 114 valence electrons. The second kappa shape index (κ2) is 6.19.